The maximum absolute atomic E-state index is 12.4. The summed E-state index contributed by atoms with van der Waals surface area (Å²) >= 11 is 0. The Balaban J connectivity index is 1.37. The highest BCUT2D eigenvalue weighted by atomic mass is 16.5. The van der Waals surface area contributed by atoms with Crippen LogP contribution in [0.15, 0.2) is 59.4 Å². The summed E-state index contributed by atoms with van der Waals surface area (Å²) in [5, 5.41) is 10.3. The fraction of sp³-hybridized carbons (Fsp3) is 0.143. The predicted molar refractivity (Wildman–Crippen MR) is 108 cm³/mol. The van der Waals surface area contributed by atoms with Crippen LogP contribution < -0.4 is 10.6 Å². The molecular weight excluding hydrogens is 370 g/mol. The molecule has 0 radical (unpaired) electrons. The maximum Gasteiger partial charge on any atom is 0.269 e. The SMILES string of the molecule is Cc1cc(NC(=O)c2ccnc(C(=O)NCCc3c[nH]c4ccccc34)c2)no1. The number of aryl methyl sites for hydroxylation is 1. The molecule has 0 aliphatic carbocycles. The van der Waals surface area contributed by atoms with Gasteiger partial charge in [0.05, 0.1) is 0 Å². The highest BCUT2D eigenvalue weighted by Gasteiger charge is 2.13. The van der Waals surface area contributed by atoms with Crippen LogP contribution >= 0.6 is 0 Å². The molecule has 0 aliphatic heterocycles. The van der Waals surface area contributed by atoms with Crippen molar-refractivity contribution in [3.8, 4) is 0 Å². The number of carbonyl (C=O) groups is 2. The van der Waals surface area contributed by atoms with Crippen LogP contribution in [0, 0.1) is 6.92 Å². The summed E-state index contributed by atoms with van der Waals surface area (Å²) in [6.45, 7) is 2.19. The number of nitrogens with one attached hydrogen (secondary N) is 3. The normalized spacial score (nSPS) is 10.8. The van der Waals surface area contributed by atoms with Gasteiger partial charge >= 0.3 is 0 Å². The Morgan fingerprint density at radius 3 is 2.83 bits per heavy atom. The molecule has 8 heteroatoms. The monoisotopic (exact) mass is 389 g/mol. The number of H-pyrrole nitrogens is 1. The number of hydrogen-bond acceptors (Lipinski definition) is 5. The Morgan fingerprint density at radius 2 is 2.00 bits per heavy atom. The number of benzene rings is 1. The van der Waals surface area contributed by atoms with Crippen LogP contribution in [0.4, 0.5) is 5.82 Å². The first-order valence-electron chi connectivity index (χ1n) is 9.14. The molecule has 8 nitrogen and oxygen atoms in total. The molecule has 0 saturated carbocycles. The van der Waals surface area contributed by atoms with E-state index in [0.717, 1.165) is 16.5 Å². The molecule has 3 heterocycles. The number of fused-ring (bicyclic) bond motifs is 1. The Labute approximate surface area is 166 Å². The van der Waals surface area contributed by atoms with E-state index in [0.29, 0.717) is 30.1 Å². The van der Waals surface area contributed by atoms with Gasteiger partial charge in [-0.1, -0.05) is 23.4 Å². The van der Waals surface area contributed by atoms with Crippen LogP contribution in [-0.4, -0.2) is 33.5 Å². The minimum absolute atomic E-state index is 0.174. The van der Waals surface area contributed by atoms with Gasteiger partial charge in [-0.05, 0) is 37.1 Å². The van der Waals surface area contributed by atoms with Crippen molar-refractivity contribution in [2.24, 2.45) is 0 Å². The van der Waals surface area contributed by atoms with Crippen LogP contribution in [-0.2, 0) is 6.42 Å². The van der Waals surface area contributed by atoms with Gasteiger partial charge in [-0.25, -0.2) is 0 Å². The van der Waals surface area contributed by atoms with Gasteiger partial charge in [0.2, 0.25) is 0 Å². The third-order valence-electron chi connectivity index (χ3n) is 4.48. The minimum Gasteiger partial charge on any atom is -0.361 e. The lowest BCUT2D eigenvalue weighted by atomic mass is 10.1. The molecule has 0 bridgehead atoms. The largest absolute Gasteiger partial charge is 0.361 e. The van der Waals surface area contributed by atoms with Crippen molar-refractivity contribution in [1.82, 2.24) is 20.4 Å². The molecule has 4 aromatic rings. The van der Waals surface area contributed by atoms with Crippen molar-refractivity contribution >= 4 is 28.5 Å². The predicted octanol–water partition coefficient (Wildman–Crippen LogP) is 3.08. The number of anilines is 1. The zero-order chi connectivity index (χ0) is 20.2. The van der Waals surface area contributed by atoms with Crippen LogP contribution in [0.1, 0.15) is 32.2 Å². The molecule has 2 amide bonds. The second-order valence-corrected chi connectivity index (χ2v) is 6.57. The minimum atomic E-state index is -0.395. The molecule has 0 unspecified atom stereocenters. The smallest absolute Gasteiger partial charge is 0.269 e. The van der Waals surface area contributed by atoms with Crippen molar-refractivity contribution in [2.45, 2.75) is 13.3 Å². The molecular formula is C21H19N5O3. The summed E-state index contributed by atoms with van der Waals surface area (Å²) in [4.78, 5) is 32.1. The van der Waals surface area contributed by atoms with E-state index in [2.05, 4.69) is 25.8 Å². The highest BCUT2D eigenvalue weighted by Crippen LogP contribution is 2.17. The number of carbonyl (C=O) groups excluding carboxylic acids is 2. The highest BCUT2D eigenvalue weighted by molar-refractivity contribution is 6.05. The zero-order valence-electron chi connectivity index (χ0n) is 15.7. The average molecular weight is 389 g/mol. The second-order valence-electron chi connectivity index (χ2n) is 6.57. The first-order chi connectivity index (χ1) is 14.1. The van der Waals surface area contributed by atoms with Crippen LogP contribution in [0.5, 0.6) is 0 Å². The van der Waals surface area contributed by atoms with Gasteiger partial charge in [-0.2, -0.15) is 0 Å². The van der Waals surface area contributed by atoms with Crippen molar-refractivity contribution < 1.29 is 14.1 Å². The number of rotatable bonds is 6. The van der Waals surface area contributed by atoms with Crippen molar-refractivity contribution in [2.75, 3.05) is 11.9 Å². The third kappa shape index (κ3) is 4.16. The fourth-order valence-electron chi connectivity index (χ4n) is 3.05. The number of aromatic nitrogens is 3. The number of nitrogens with zero attached hydrogens (tertiary/aromatic N) is 2. The van der Waals surface area contributed by atoms with E-state index in [1.54, 1.807) is 13.0 Å². The molecule has 1 aromatic carbocycles. The summed E-state index contributed by atoms with van der Waals surface area (Å²) in [6.07, 6.45) is 4.06. The maximum atomic E-state index is 12.4. The molecule has 0 saturated heterocycles. The van der Waals surface area contributed by atoms with Gasteiger partial charge in [0.1, 0.15) is 11.5 Å². The molecule has 29 heavy (non-hydrogen) atoms. The number of amides is 2. The lowest BCUT2D eigenvalue weighted by Gasteiger charge is -2.06. The van der Waals surface area contributed by atoms with E-state index in [-0.39, 0.29) is 11.6 Å². The summed E-state index contributed by atoms with van der Waals surface area (Å²) in [5.74, 6) is 0.171. The van der Waals surface area contributed by atoms with Gasteiger partial charge in [-0.15, -0.1) is 0 Å². The average Bonchev–Trinajstić information content (AvgIpc) is 3.34. The summed E-state index contributed by atoms with van der Waals surface area (Å²) in [7, 11) is 0. The molecule has 0 aliphatic rings. The van der Waals surface area contributed by atoms with Crippen LogP contribution in [0.25, 0.3) is 10.9 Å². The van der Waals surface area contributed by atoms with Crippen molar-refractivity contribution in [1.29, 1.82) is 0 Å². The Bertz CT molecular complexity index is 1180. The molecule has 146 valence electrons. The van der Waals surface area contributed by atoms with Gasteiger partial charge in [0, 0.05) is 41.5 Å². The summed E-state index contributed by atoms with van der Waals surface area (Å²) < 4.78 is 4.92. The quantitative estimate of drug-likeness (QED) is 0.469. The lowest BCUT2D eigenvalue weighted by Crippen LogP contribution is -2.27. The second kappa shape index (κ2) is 7.97. The van der Waals surface area contributed by atoms with Gasteiger partial charge in [0.25, 0.3) is 11.8 Å². The summed E-state index contributed by atoms with van der Waals surface area (Å²) in [5.41, 5.74) is 2.68. The molecule has 3 N–H and O–H groups in total. The fourth-order valence-corrected chi connectivity index (χ4v) is 3.05. The molecule has 4 rings (SSSR count). The molecule has 0 spiro atoms. The van der Waals surface area contributed by atoms with Gasteiger partial charge < -0.3 is 20.1 Å². The van der Waals surface area contributed by atoms with Crippen molar-refractivity contribution in [3.63, 3.8) is 0 Å². The lowest BCUT2D eigenvalue weighted by molar-refractivity contribution is 0.0949. The van der Waals surface area contributed by atoms with E-state index in [1.807, 2.05) is 30.5 Å². The first-order valence-corrected chi connectivity index (χ1v) is 9.14. The first kappa shape index (κ1) is 18.4. The summed E-state index contributed by atoms with van der Waals surface area (Å²) in [6, 6.07) is 12.6. The van der Waals surface area contributed by atoms with E-state index in [4.69, 9.17) is 4.52 Å². The zero-order valence-corrected chi connectivity index (χ0v) is 15.7. The number of pyridine rings is 1. The van der Waals surface area contributed by atoms with Gasteiger partial charge in [-0.3, -0.25) is 14.6 Å². The molecule has 0 atom stereocenters. The molecule has 0 fully saturated rings. The topological polar surface area (TPSA) is 113 Å². The number of hydrogen-bond donors (Lipinski definition) is 3. The number of para-hydroxylation sites is 1. The third-order valence-corrected chi connectivity index (χ3v) is 4.48. The Morgan fingerprint density at radius 1 is 1.14 bits per heavy atom. The van der Waals surface area contributed by atoms with E-state index in [9.17, 15) is 9.59 Å². The Hall–Kier alpha value is -3.94. The van der Waals surface area contributed by atoms with Crippen LogP contribution in [0.2, 0.25) is 0 Å². The molecule has 3 aromatic heterocycles. The van der Waals surface area contributed by atoms with E-state index < -0.39 is 5.91 Å². The standard InChI is InChI=1S/C21H19N5O3/c1-13-10-19(26-29-13)25-20(27)14-6-8-22-18(11-14)21(28)23-9-7-15-12-24-17-5-3-2-4-16(15)17/h2-6,8,10-12,24H,7,9H2,1H3,(H,23,28)(H,25,26,27). The van der Waals surface area contributed by atoms with E-state index >= 15 is 0 Å². The Kier molecular flexibility index (Phi) is 5.07. The van der Waals surface area contributed by atoms with E-state index in [1.165, 1.54) is 18.3 Å². The number of aromatic amines is 1. The van der Waals surface area contributed by atoms with Crippen molar-refractivity contribution in [3.05, 3.63) is 77.4 Å². The van der Waals surface area contributed by atoms with Crippen LogP contribution in [0.3, 0.4) is 0 Å². The van der Waals surface area contributed by atoms with Gasteiger partial charge in [0.15, 0.2) is 5.82 Å².